The number of nitrogens with one attached hydrogen (secondary N) is 1. The molecule has 0 saturated heterocycles. The van der Waals surface area contributed by atoms with Gasteiger partial charge in [0.1, 0.15) is 0 Å². The van der Waals surface area contributed by atoms with Crippen LogP contribution in [0.4, 0.5) is 0 Å². The van der Waals surface area contributed by atoms with Gasteiger partial charge in [0, 0.05) is 19.1 Å². The summed E-state index contributed by atoms with van der Waals surface area (Å²) in [6.07, 6.45) is 6.98. The lowest BCUT2D eigenvalue weighted by Gasteiger charge is -2.37. The van der Waals surface area contributed by atoms with E-state index in [4.69, 9.17) is 0 Å². The van der Waals surface area contributed by atoms with Gasteiger partial charge in [0.25, 0.3) is 0 Å². The zero-order valence-electron chi connectivity index (χ0n) is 15.8. The van der Waals surface area contributed by atoms with Crippen LogP contribution in [-0.2, 0) is 22.0 Å². The highest BCUT2D eigenvalue weighted by molar-refractivity contribution is 7.84. The maximum absolute atomic E-state index is 12.9. The average Bonchev–Trinajstić information content (AvgIpc) is 2.45. The molecular weight excluding hydrogens is 328 g/mol. The van der Waals surface area contributed by atoms with Crippen LogP contribution in [0.25, 0.3) is 0 Å². The molecule has 1 aliphatic carbocycles. The zero-order valence-corrected chi connectivity index (χ0v) is 17.4. The van der Waals surface area contributed by atoms with Crippen molar-refractivity contribution >= 4 is 22.0 Å². The summed E-state index contributed by atoms with van der Waals surface area (Å²) in [6, 6.07) is 0.442. The Hall–Kier alpha value is 0.220. The number of hydrogen-bond acceptors (Lipinski definition) is 2. The van der Waals surface area contributed by atoms with Gasteiger partial charge in [0.15, 0.2) is 0 Å². The van der Waals surface area contributed by atoms with E-state index in [1.165, 1.54) is 19.3 Å². The minimum absolute atomic E-state index is 0.223. The molecule has 4 nitrogen and oxygen atoms in total. The first kappa shape index (κ1) is 21.3. The molecule has 0 spiro atoms. The lowest BCUT2D eigenvalue weighted by molar-refractivity contribution is 0.258. The minimum Gasteiger partial charge on any atom is -0.242 e. The van der Waals surface area contributed by atoms with Crippen LogP contribution in [0.2, 0.25) is 0 Å². The van der Waals surface area contributed by atoms with Crippen molar-refractivity contribution in [3.63, 3.8) is 0 Å². The van der Waals surface area contributed by atoms with Crippen LogP contribution in [0.15, 0.2) is 0 Å². The standard InChI is InChI=1S/C17H36N2O2S2/c1-16(2,3)22(20)18-13-10-14-19(23(21)17(4,5)6)15-11-8-7-9-12-15/h15,18H,7-14H2,1-6H3. The predicted molar refractivity (Wildman–Crippen MR) is 102 cm³/mol. The van der Waals surface area contributed by atoms with Gasteiger partial charge in [-0.1, -0.05) is 19.3 Å². The molecule has 0 aromatic carbocycles. The molecule has 23 heavy (non-hydrogen) atoms. The summed E-state index contributed by atoms with van der Waals surface area (Å²) < 4.78 is 29.8. The molecule has 1 aliphatic rings. The third-order valence-electron chi connectivity index (χ3n) is 4.06. The SMILES string of the molecule is CC(C)(C)S(=O)NCCCN(C1CCCCC1)S(=O)C(C)(C)C. The van der Waals surface area contributed by atoms with Crippen LogP contribution in [0.3, 0.4) is 0 Å². The fourth-order valence-corrected chi connectivity index (χ4v) is 4.98. The molecule has 6 heteroatoms. The van der Waals surface area contributed by atoms with E-state index in [9.17, 15) is 8.42 Å². The Balaban J connectivity index is 2.56. The van der Waals surface area contributed by atoms with Gasteiger partial charge in [0.2, 0.25) is 0 Å². The Labute approximate surface area is 148 Å². The van der Waals surface area contributed by atoms with Crippen LogP contribution >= 0.6 is 0 Å². The number of rotatable bonds is 7. The van der Waals surface area contributed by atoms with Gasteiger partial charge in [-0.05, 0) is 60.8 Å². The fraction of sp³-hybridized carbons (Fsp3) is 1.00. The van der Waals surface area contributed by atoms with E-state index in [-0.39, 0.29) is 9.49 Å². The fourth-order valence-electron chi connectivity index (χ4n) is 2.74. The first-order valence-electron chi connectivity index (χ1n) is 8.87. The molecule has 0 aromatic rings. The first-order valence-corrected chi connectivity index (χ1v) is 11.1. The van der Waals surface area contributed by atoms with Crippen molar-refractivity contribution < 1.29 is 8.42 Å². The largest absolute Gasteiger partial charge is 0.242 e. The van der Waals surface area contributed by atoms with Gasteiger partial charge in [-0.2, -0.15) is 0 Å². The third-order valence-corrected chi connectivity index (χ3v) is 7.60. The molecule has 1 rings (SSSR count). The molecule has 0 heterocycles. The summed E-state index contributed by atoms with van der Waals surface area (Å²) in [4.78, 5) is 0. The highest BCUT2D eigenvalue weighted by atomic mass is 32.2. The summed E-state index contributed by atoms with van der Waals surface area (Å²) in [5, 5.41) is 0. The summed E-state index contributed by atoms with van der Waals surface area (Å²) >= 11 is 0. The monoisotopic (exact) mass is 364 g/mol. The highest BCUT2D eigenvalue weighted by Crippen LogP contribution is 2.27. The first-order chi connectivity index (χ1) is 10.5. The van der Waals surface area contributed by atoms with E-state index in [0.717, 1.165) is 25.8 Å². The lowest BCUT2D eigenvalue weighted by Crippen LogP contribution is -2.46. The maximum atomic E-state index is 12.9. The van der Waals surface area contributed by atoms with Crippen LogP contribution < -0.4 is 4.72 Å². The van der Waals surface area contributed by atoms with Gasteiger partial charge >= 0.3 is 0 Å². The maximum Gasteiger partial charge on any atom is 0.0999 e. The summed E-state index contributed by atoms with van der Waals surface area (Å²) in [5.74, 6) is 0. The van der Waals surface area contributed by atoms with Gasteiger partial charge in [-0.25, -0.2) is 17.4 Å². The number of nitrogens with zero attached hydrogens (tertiary/aromatic N) is 1. The summed E-state index contributed by atoms with van der Waals surface area (Å²) in [5.41, 5.74) is 0. The van der Waals surface area contributed by atoms with Gasteiger partial charge in [-0.15, -0.1) is 0 Å². The molecule has 0 radical (unpaired) electrons. The Kier molecular flexibility index (Phi) is 8.38. The van der Waals surface area contributed by atoms with Gasteiger partial charge in [-0.3, -0.25) is 0 Å². The average molecular weight is 365 g/mol. The van der Waals surface area contributed by atoms with E-state index >= 15 is 0 Å². The minimum atomic E-state index is -1.03. The second-order valence-electron chi connectivity index (χ2n) is 8.42. The van der Waals surface area contributed by atoms with Crippen molar-refractivity contribution in [3.05, 3.63) is 0 Å². The Morgan fingerprint density at radius 3 is 2.00 bits per heavy atom. The molecule has 1 fully saturated rings. The lowest BCUT2D eigenvalue weighted by atomic mass is 9.95. The molecule has 138 valence electrons. The smallest absolute Gasteiger partial charge is 0.0999 e. The van der Waals surface area contributed by atoms with Crippen LogP contribution in [0.1, 0.15) is 80.1 Å². The molecule has 2 atom stereocenters. The molecule has 0 aromatic heterocycles. The van der Waals surface area contributed by atoms with Crippen molar-refractivity contribution in [2.45, 2.75) is 95.6 Å². The molecule has 1 saturated carbocycles. The second-order valence-corrected chi connectivity index (χ2v) is 12.7. The third kappa shape index (κ3) is 7.32. The van der Waals surface area contributed by atoms with E-state index in [1.54, 1.807) is 0 Å². The Bertz CT molecular complexity index is 408. The molecule has 0 amide bonds. The summed E-state index contributed by atoms with van der Waals surface area (Å²) in [6.45, 7) is 13.6. The van der Waals surface area contributed by atoms with Crippen LogP contribution in [0.5, 0.6) is 0 Å². The molecule has 2 unspecified atom stereocenters. The topological polar surface area (TPSA) is 49.4 Å². The summed E-state index contributed by atoms with van der Waals surface area (Å²) in [7, 11) is -2.00. The molecule has 0 aliphatic heterocycles. The van der Waals surface area contributed by atoms with E-state index < -0.39 is 22.0 Å². The van der Waals surface area contributed by atoms with Gasteiger partial charge in [0.05, 0.1) is 31.5 Å². The van der Waals surface area contributed by atoms with Crippen molar-refractivity contribution in [1.82, 2.24) is 9.03 Å². The van der Waals surface area contributed by atoms with Crippen molar-refractivity contribution in [2.75, 3.05) is 13.1 Å². The number of hydrogen-bond donors (Lipinski definition) is 1. The normalized spacial score (nSPS) is 20.7. The Morgan fingerprint density at radius 2 is 1.52 bits per heavy atom. The van der Waals surface area contributed by atoms with E-state index in [2.05, 4.69) is 9.03 Å². The van der Waals surface area contributed by atoms with E-state index in [0.29, 0.717) is 12.6 Å². The molecule has 0 bridgehead atoms. The van der Waals surface area contributed by atoms with Gasteiger partial charge < -0.3 is 0 Å². The van der Waals surface area contributed by atoms with E-state index in [1.807, 2.05) is 41.5 Å². The predicted octanol–water partition coefficient (Wildman–Crippen LogP) is 3.53. The molecular formula is C17H36N2O2S2. The van der Waals surface area contributed by atoms with Crippen molar-refractivity contribution in [2.24, 2.45) is 0 Å². The van der Waals surface area contributed by atoms with Crippen molar-refractivity contribution in [3.8, 4) is 0 Å². The van der Waals surface area contributed by atoms with Crippen LogP contribution in [-0.4, -0.2) is 41.3 Å². The highest BCUT2D eigenvalue weighted by Gasteiger charge is 2.31. The zero-order chi connectivity index (χ0) is 17.7. The van der Waals surface area contributed by atoms with Crippen molar-refractivity contribution in [1.29, 1.82) is 0 Å². The molecule has 1 N–H and O–H groups in total. The quantitative estimate of drug-likeness (QED) is 0.703. The second kappa shape index (κ2) is 9.07. The van der Waals surface area contributed by atoms with Crippen LogP contribution in [0, 0.1) is 0 Å². The Morgan fingerprint density at radius 1 is 0.957 bits per heavy atom.